The first-order valence-electron chi connectivity index (χ1n) is 5.28. The maximum Gasteiger partial charge on any atom is 0.125 e. The summed E-state index contributed by atoms with van der Waals surface area (Å²) < 4.78 is 15.0. The van der Waals surface area contributed by atoms with E-state index < -0.39 is 0 Å². The first-order valence-corrected chi connectivity index (χ1v) is 5.28. The fourth-order valence-corrected chi connectivity index (χ4v) is 1.83. The molecule has 0 aliphatic rings. The highest BCUT2D eigenvalue weighted by Crippen LogP contribution is 2.18. The van der Waals surface area contributed by atoms with Crippen molar-refractivity contribution in [3.05, 3.63) is 29.8 Å². The van der Waals surface area contributed by atoms with Crippen LogP contribution in [0.5, 0.6) is 0 Å². The van der Waals surface area contributed by atoms with Crippen molar-refractivity contribution in [1.82, 2.24) is 9.55 Å². The third-order valence-corrected chi connectivity index (χ3v) is 2.47. The quantitative estimate of drug-likeness (QED) is 0.793. The summed E-state index contributed by atoms with van der Waals surface area (Å²) in [7, 11) is 0. The third kappa shape index (κ3) is 1.76. The molecule has 0 amide bonds. The third-order valence-electron chi connectivity index (χ3n) is 2.47. The number of benzene rings is 1. The van der Waals surface area contributed by atoms with E-state index in [9.17, 15) is 4.39 Å². The van der Waals surface area contributed by atoms with Crippen molar-refractivity contribution >= 4 is 11.0 Å². The van der Waals surface area contributed by atoms with Crippen molar-refractivity contribution in [2.75, 3.05) is 0 Å². The number of rotatable bonds is 3. The van der Waals surface area contributed by atoms with Gasteiger partial charge >= 0.3 is 0 Å². The van der Waals surface area contributed by atoms with Crippen molar-refractivity contribution in [2.24, 2.45) is 0 Å². The van der Waals surface area contributed by atoms with Crippen LogP contribution in [0.4, 0.5) is 4.39 Å². The Morgan fingerprint density at radius 1 is 1.50 bits per heavy atom. The molecule has 0 radical (unpaired) electrons. The molecule has 0 unspecified atom stereocenters. The number of imidazole rings is 1. The van der Waals surface area contributed by atoms with Gasteiger partial charge in [0.2, 0.25) is 0 Å². The summed E-state index contributed by atoms with van der Waals surface area (Å²) >= 11 is 0. The summed E-state index contributed by atoms with van der Waals surface area (Å²) in [5.41, 5.74) is 1.52. The fraction of sp³-hybridized carbons (Fsp3) is 0.333. The van der Waals surface area contributed by atoms with Gasteiger partial charge in [-0.15, -0.1) is 0 Å². The Labute approximate surface area is 93.1 Å². The molecule has 1 aromatic carbocycles. The van der Waals surface area contributed by atoms with Crippen LogP contribution >= 0.6 is 0 Å². The SMILES string of the molecule is CCCn1c(CC#N)nc2cc(F)ccc21. The minimum absolute atomic E-state index is 0.260. The van der Waals surface area contributed by atoms with Gasteiger partial charge in [-0.1, -0.05) is 6.92 Å². The van der Waals surface area contributed by atoms with Crippen molar-refractivity contribution in [3.63, 3.8) is 0 Å². The van der Waals surface area contributed by atoms with E-state index in [1.165, 1.54) is 12.1 Å². The highest BCUT2D eigenvalue weighted by atomic mass is 19.1. The van der Waals surface area contributed by atoms with Crippen LogP contribution in [0.1, 0.15) is 19.2 Å². The second-order valence-electron chi connectivity index (χ2n) is 3.65. The van der Waals surface area contributed by atoms with Gasteiger partial charge in [0.25, 0.3) is 0 Å². The Morgan fingerprint density at radius 3 is 3.00 bits per heavy atom. The maximum absolute atomic E-state index is 13.0. The molecule has 3 nitrogen and oxygen atoms in total. The number of hydrogen-bond donors (Lipinski definition) is 0. The Hall–Kier alpha value is -1.89. The van der Waals surface area contributed by atoms with Gasteiger partial charge in [-0.05, 0) is 18.6 Å². The van der Waals surface area contributed by atoms with E-state index in [1.54, 1.807) is 6.07 Å². The van der Waals surface area contributed by atoms with Gasteiger partial charge in [0.1, 0.15) is 11.6 Å². The molecule has 0 aliphatic carbocycles. The summed E-state index contributed by atoms with van der Waals surface area (Å²) in [4.78, 5) is 4.28. The first kappa shape index (κ1) is 10.6. The molecule has 1 heterocycles. The topological polar surface area (TPSA) is 41.6 Å². The molecule has 4 heteroatoms. The zero-order valence-corrected chi connectivity index (χ0v) is 9.07. The summed E-state index contributed by atoms with van der Waals surface area (Å²) in [6.45, 7) is 2.87. The van der Waals surface area contributed by atoms with Crippen molar-refractivity contribution in [3.8, 4) is 6.07 Å². The normalized spacial score (nSPS) is 10.6. The van der Waals surface area contributed by atoms with Crippen LogP contribution in [-0.2, 0) is 13.0 Å². The number of halogens is 1. The Balaban J connectivity index is 2.61. The smallest absolute Gasteiger partial charge is 0.125 e. The molecule has 16 heavy (non-hydrogen) atoms. The standard InChI is InChI=1S/C12H12FN3/c1-2-7-16-11-4-3-9(13)8-10(11)15-12(16)5-6-14/h3-4,8H,2,5,7H2,1H3. The highest BCUT2D eigenvalue weighted by Gasteiger charge is 2.10. The minimum Gasteiger partial charge on any atom is -0.327 e. The lowest BCUT2D eigenvalue weighted by molar-refractivity contribution is 0.629. The molecule has 0 N–H and O–H groups in total. The number of fused-ring (bicyclic) bond motifs is 1. The first-order chi connectivity index (χ1) is 7.76. The molecule has 0 bridgehead atoms. The lowest BCUT2D eigenvalue weighted by Crippen LogP contribution is -2.02. The zero-order valence-electron chi connectivity index (χ0n) is 9.07. The molecule has 0 atom stereocenters. The van der Waals surface area contributed by atoms with Gasteiger partial charge in [-0.25, -0.2) is 9.37 Å². The van der Waals surface area contributed by atoms with E-state index in [4.69, 9.17) is 5.26 Å². The van der Waals surface area contributed by atoms with Crippen LogP contribution in [0, 0.1) is 17.1 Å². The summed E-state index contributed by atoms with van der Waals surface area (Å²) in [5.74, 6) is 0.419. The van der Waals surface area contributed by atoms with E-state index in [1.807, 2.05) is 4.57 Å². The molecule has 1 aromatic heterocycles. The predicted molar refractivity (Wildman–Crippen MR) is 59.3 cm³/mol. The van der Waals surface area contributed by atoms with Crippen LogP contribution < -0.4 is 0 Å². The lowest BCUT2D eigenvalue weighted by Gasteiger charge is -2.04. The maximum atomic E-state index is 13.0. The second-order valence-corrected chi connectivity index (χ2v) is 3.65. The molecule has 0 saturated carbocycles. The van der Waals surface area contributed by atoms with Gasteiger partial charge in [0, 0.05) is 12.6 Å². The van der Waals surface area contributed by atoms with Gasteiger partial charge in [-0.3, -0.25) is 0 Å². The number of nitrogens with zero attached hydrogens (tertiary/aromatic N) is 3. The van der Waals surface area contributed by atoms with Gasteiger partial charge in [-0.2, -0.15) is 5.26 Å². The van der Waals surface area contributed by atoms with E-state index >= 15 is 0 Å². The highest BCUT2D eigenvalue weighted by molar-refractivity contribution is 5.76. The van der Waals surface area contributed by atoms with Crippen LogP contribution in [0.15, 0.2) is 18.2 Å². The summed E-state index contributed by atoms with van der Waals surface area (Å²) in [5, 5.41) is 8.71. The molecule has 0 spiro atoms. The van der Waals surface area contributed by atoms with Gasteiger partial charge in [0.15, 0.2) is 0 Å². The fourth-order valence-electron chi connectivity index (χ4n) is 1.83. The van der Waals surface area contributed by atoms with Gasteiger partial charge < -0.3 is 4.57 Å². The van der Waals surface area contributed by atoms with E-state index in [0.29, 0.717) is 11.3 Å². The lowest BCUT2D eigenvalue weighted by atomic mass is 10.3. The molecular weight excluding hydrogens is 205 g/mol. The van der Waals surface area contributed by atoms with E-state index in [2.05, 4.69) is 18.0 Å². The van der Waals surface area contributed by atoms with E-state index in [-0.39, 0.29) is 12.2 Å². The number of nitriles is 1. The van der Waals surface area contributed by atoms with E-state index in [0.717, 1.165) is 18.5 Å². The molecule has 0 aliphatic heterocycles. The summed E-state index contributed by atoms with van der Waals surface area (Å²) in [6.07, 6.45) is 1.22. The van der Waals surface area contributed by atoms with Crippen molar-refractivity contribution in [1.29, 1.82) is 5.26 Å². The predicted octanol–water partition coefficient (Wildman–Crippen LogP) is 2.65. The van der Waals surface area contributed by atoms with Crippen LogP contribution in [0.2, 0.25) is 0 Å². The molecule has 82 valence electrons. The van der Waals surface area contributed by atoms with Crippen LogP contribution in [0.25, 0.3) is 11.0 Å². The minimum atomic E-state index is -0.294. The average molecular weight is 217 g/mol. The molecule has 2 rings (SSSR count). The molecule has 0 fully saturated rings. The largest absolute Gasteiger partial charge is 0.327 e. The Bertz CT molecular complexity index is 551. The average Bonchev–Trinajstić information content (AvgIpc) is 2.57. The number of aryl methyl sites for hydroxylation is 1. The molecule has 2 aromatic rings. The van der Waals surface area contributed by atoms with Crippen molar-refractivity contribution in [2.45, 2.75) is 26.3 Å². The zero-order chi connectivity index (χ0) is 11.5. The number of hydrogen-bond acceptors (Lipinski definition) is 2. The Morgan fingerprint density at radius 2 is 2.31 bits per heavy atom. The van der Waals surface area contributed by atoms with Crippen LogP contribution in [0.3, 0.4) is 0 Å². The molecular formula is C12H12FN3. The monoisotopic (exact) mass is 217 g/mol. The van der Waals surface area contributed by atoms with Gasteiger partial charge in [0.05, 0.1) is 23.5 Å². The number of aromatic nitrogens is 2. The summed E-state index contributed by atoms with van der Waals surface area (Å²) in [6, 6.07) is 6.63. The Kier molecular flexibility index (Phi) is 2.86. The van der Waals surface area contributed by atoms with Crippen LogP contribution in [-0.4, -0.2) is 9.55 Å². The van der Waals surface area contributed by atoms with Crippen molar-refractivity contribution < 1.29 is 4.39 Å². The molecule has 0 saturated heterocycles. The second kappa shape index (κ2) is 4.31.